The molecule has 2 unspecified atom stereocenters. The summed E-state index contributed by atoms with van der Waals surface area (Å²) >= 11 is 0. The molecular weight excluding hydrogens is 643 g/mol. The Bertz CT molecular complexity index is 741. The van der Waals surface area contributed by atoms with Gasteiger partial charge in [-0.2, -0.15) is 0 Å². The normalized spacial score (nSPS) is 12.7. The van der Waals surface area contributed by atoms with Crippen LogP contribution in [0, 0.1) is 0 Å². The first-order chi connectivity index (χ1) is 25.4. The Balaban J connectivity index is 4.53. The third-order valence-electron chi connectivity index (χ3n) is 10.9. The van der Waals surface area contributed by atoms with E-state index >= 15 is 0 Å². The molecule has 0 aliphatic carbocycles. The summed E-state index contributed by atoms with van der Waals surface area (Å²) in [5.41, 5.74) is 0. The molecule has 5 heteroatoms. The van der Waals surface area contributed by atoms with E-state index in [4.69, 9.17) is 9.47 Å². The molecule has 0 spiro atoms. The van der Waals surface area contributed by atoms with Crippen molar-refractivity contribution in [2.45, 2.75) is 271 Å². The van der Waals surface area contributed by atoms with E-state index < -0.39 is 0 Å². The standard InChI is InChI=1S/C47H93NO4/c1-6-9-12-15-17-19-21-22-24-26-29-33-39-44(38-32-28-25-23-20-18-16-13-10-7-2)51-46(49)41-35-30-34-40-45(37-31-27-14-11-8-3)52-47(50)42-36-43-48(4)5/h44-45H,6-43H2,1-5H3. The van der Waals surface area contributed by atoms with Gasteiger partial charge in [0.15, 0.2) is 0 Å². The van der Waals surface area contributed by atoms with E-state index in [9.17, 15) is 9.59 Å². The van der Waals surface area contributed by atoms with Gasteiger partial charge in [0.25, 0.3) is 0 Å². The van der Waals surface area contributed by atoms with Crippen molar-refractivity contribution >= 4 is 11.9 Å². The summed E-state index contributed by atoms with van der Waals surface area (Å²) in [6.45, 7) is 7.73. The number of esters is 2. The highest BCUT2D eigenvalue weighted by Crippen LogP contribution is 2.21. The lowest BCUT2D eigenvalue weighted by molar-refractivity contribution is -0.150. The van der Waals surface area contributed by atoms with Gasteiger partial charge in [-0.05, 0) is 84.8 Å². The van der Waals surface area contributed by atoms with Gasteiger partial charge in [0.05, 0.1) is 0 Å². The average molecular weight is 736 g/mol. The first-order valence-corrected chi connectivity index (χ1v) is 23.5. The highest BCUT2D eigenvalue weighted by Gasteiger charge is 2.16. The fourth-order valence-electron chi connectivity index (χ4n) is 7.42. The zero-order valence-corrected chi connectivity index (χ0v) is 36.1. The maximum absolute atomic E-state index is 13.0. The largest absolute Gasteiger partial charge is 0.462 e. The summed E-state index contributed by atoms with van der Waals surface area (Å²) < 4.78 is 12.1. The minimum Gasteiger partial charge on any atom is -0.462 e. The molecule has 0 aliphatic heterocycles. The molecule has 0 saturated carbocycles. The SMILES string of the molecule is CCCCCCCCCCCCCCC(CCCCCCCCCCCC)OC(=O)CCCCCC(CCCCCCC)OC(=O)CCCN(C)C. The van der Waals surface area contributed by atoms with E-state index in [1.165, 1.54) is 167 Å². The first-order valence-electron chi connectivity index (χ1n) is 23.5. The average Bonchev–Trinajstić information content (AvgIpc) is 3.12. The van der Waals surface area contributed by atoms with Gasteiger partial charge < -0.3 is 14.4 Å². The van der Waals surface area contributed by atoms with Gasteiger partial charge in [-0.15, -0.1) is 0 Å². The molecule has 0 heterocycles. The summed E-state index contributed by atoms with van der Waals surface area (Å²) in [4.78, 5) is 27.6. The third kappa shape index (κ3) is 38.6. The molecule has 0 amide bonds. The van der Waals surface area contributed by atoms with Crippen LogP contribution in [-0.4, -0.2) is 49.7 Å². The number of carbonyl (C=O) groups excluding carboxylic acids is 2. The van der Waals surface area contributed by atoms with Crippen LogP contribution in [-0.2, 0) is 19.1 Å². The van der Waals surface area contributed by atoms with E-state index in [0.29, 0.717) is 12.8 Å². The van der Waals surface area contributed by atoms with Gasteiger partial charge in [0.2, 0.25) is 0 Å². The Hall–Kier alpha value is -1.10. The molecule has 0 N–H and O–H groups in total. The number of nitrogens with zero attached hydrogens (tertiary/aromatic N) is 1. The molecule has 310 valence electrons. The van der Waals surface area contributed by atoms with E-state index in [1.54, 1.807) is 0 Å². The fraction of sp³-hybridized carbons (Fsp3) is 0.957. The van der Waals surface area contributed by atoms with Crippen LogP contribution in [0.5, 0.6) is 0 Å². The predicted molar refractivity (Wildman–Crippen MR) is 226 cm³/mol. The van der Waals surface area contributed by atoms with E-state index in [0.717, 1.165) is 64.3 Å². The molecule has 2 atom stereocenters. The van der Waals surface area contributed by atoms with Gasteiger partial charge >= 0.3 is 11.9 Å². The zero-order valence-electron chi connectivity index (χ0n) is 36.1. The molecule has 0 aromatic carbocycles. The Morgan fingerprint density at radius 2 is 0.615 bits per heavy atom. The molecule has 0 saturated heterocycles. The molecule has 0 bridgehead atoms. The highest BCUT2D eigenvalue weighted by atomic mass is 16.5. The molecule has 0 radical (unpaired) electrons. The van der Waals surface area contributed by atoms with Crippen molar-refractivity contribution in [3.05, 3.63) is 0 Å². The van der Waals surface area contributed by atoms with Crippen molar-refractivity contribution in [1.29, 1.82) is 0 Å². The zero-order chi connectivity index (χ0) is 38.2. The quantitative estimate of drug-likeness (QED) is 0.0461. The van der Waals surface area contributed by atoms with E-state index in [2.05, 4.69) is 25.7 Å². The van der Waals surface area contributed by atoms with Gasteiger partial charge in [-0.3, -0.25) is 9.59 Å². The van der Waals surface area contributed by atoms with Crippen molar-refractivity contribution in [3.63, 3.8) is 0 Å². The highest BCUT2D eigenvalue weighted by molar-refractivity contribution is 5.69. The van der Waals surface area contributed by atoms with Gasteiger partial charge in [0.1, 0.15) is 12.2 Å². The Morgan fingerprint density at radius 1 is 0.365 bits per heavy atom. The van der Waals surface area contributed by atoms with Crippen LogP contribution in [0.4, 0.5) is 0 Å². The maximum Gasteiger partial charge on any atom is 0.306 e. The van der Waals surface area contributed by atoms with Crippen LogP contribution in [0.2, 0.25) is 0 Å². The monoisotopic (exact) mass is 736 g/mol. The molecule has 0 aliphatic rings. The number of hydrogen-bond donors (Lipinski definition) is 0. The summed E-state index contributed by atoms with van der Waals surface area (Å²) in [5.74, 6) is -0.0542. The lowest BCUT2D eigenvalue weighted by Gasteiger charge is -2.19. The molecule has 0 aromatic heterocycles. The third-order valence-corrected chi connectivity index (χ3v) is 10.9. The molecular formula is C47H93NO4. The van der Waals surface area contributed by atoms with Crippen LogP contribution in [0.15, 0.2) is 0 Å². The van der Waals surface area contributed by atoms with Crippen LogP contribution in [0.1, 0.15) is 258 Å². The van der Waals surface area contributed by atoms with Crippen molar-refractivity contribution in [2.75, 3.05) is 20.6 Å². The van der Waals surface area contributed by atoms with Crippen LogP contribution < -0.4 is 0 Å². The molecule has 52 heavy (non-hydrogen) atoms. The second-order valence-electron chi connectivity index (χ2n) is 16.6. The van der Waals surface area contributed by atoms with E-state index in [1.807, 2.05) is 14.1 Å². The lowest BCUT2D eigenvalue weighted by Crippen LogP contribution is -2.20. The lowest BCUT2D eigenvalue weighted by atomic mass is 10.0. The van der Waals surface area contributed by atoms with Crippen molar-refractivity contribution < 1.29 is 19.1 Å². The van der Waals surface area contributed by atoms with Crippen LogP contribution in [0.3, 0.4) is 0 Å². The minimum absolute atomic E-state index is 0.00388. The van der Waals surface area contributed by atoms with Gasteiger partial charge in [-0.1, -0.05) is 181 Å². The Labute approximate surface area is 326 Å². The number of ether oxygens (including phenoxy) is 2. The van der Waals surface area contributed by atoms with Crippen LogP contribution >= 0.6 is 0 Å². The Kier molecular flexibility index (Phi) is 40.2. The van der Waals surface area contributed by atoms with Crippen molar-refractivity contribution in [2.24, 2.45) is 0 Å². The first kappa shape index (κ1) is 50.9. The van der Waals surface area contributed by atoms with Gasteiger partial charge in [0, 0.05) is 12.8 Å². The topological polar surface area (TPSA) is 55.8 Å². The van der Waals surface area contributed by atoms with Crippen molar-refractivity contribution in [3.8, 4) is 0 Å². The summed E-state index contributed by atoms with van der Waals surface area (Å²) in [5, 5.41) is 0. The fourth-order valence-corrected chi connectivity index (χ4v) is 7.42. The number of hydrogen-bond acceptors (Lipinski definition) is 5. The van der Waals surface area contributed by atoms with E-state index in [-0.39, 0.29) is 24.1 Å². The minimum atomic E-state index is -0.0504. The van der Waals surface area contributed by atoms with Crippen molar-refractivity contribution in [1.82, 2.24) is 4.90 Å². The number of unbranched alkanes of at least 4 members (excludes halogenated alkanes) is 26. The maximum atomic E-state index is 13.0. The van der Waals surface area contributed by atoms with Gasteiger partial charge in [-0.25, -0.2) is 0 Å². The smallest absolute Gasteiger partial charge is 0.306 e. The molecule has 0 rings (SSSR count). The summed E-state index contributed by atoms with van der Waals surface area (Å²) in [6, 6.07) is 0. The predicted octanol–water partition coefficient (Wildman–Crippen LogP) is 14.9. The number of rotatable bonds is 42. The molecule has 5 nitrogen and oxygen atoms in total. The summed E-state index contributed by atoms with van der Waals surface area (Å²) in [6.07, 6.45) is 44.5. The second kappa shape index (κ2) is 41.1. The molecule has 0 aromatic rings. The summed E-state index contributed by atoms with van der Waals surface area (Å²) in [7, 11) is 4.08. The van der Waals surface area contributed by atoms with Crippen LogP contribution in [0.25, 0.3) is 0 Å². The second-order valence-corrected chi connectivity index (χ2v) is 16.6. The molecule has 0 fully saturated rings. The Morgan fingerprint density at radius 3 is 0.904 bits per heavy atom. The number of carbonyl (C=O) groups is 2.